The molecule has 0 unspecified atom stereocenters. The highest BCUT2D eigenvalue weighted by atomic mass is 32.4. The van der Waals surface area contributed by atoms with Crippen molar-refractivity contribution in [3.63, 3.8) is 0 Å². The summed E-state index contributed by atoms with van der Waals surface area (Å²) < 4.78 is 0. The Kier molecular flexibility index (Phi) is 9.79. The van der Waals surface area contributed by atoms with Gasteiger partial charge < -0.3 is 0 Å². The molecule has 0 aliphatic rings. The summed E-state index contributed by atoms with van der Waals surface area (Å²) in [4.78, 5) is 0. The molecular formula is C36H34P2S2. The van der Waals surface area contributed by atoms with Gasteiger partial charge in [-0.1, -0.05) is 181 Å². The standard InChI is InChI=1S/C36H34P2S2/c39-37(32-20-8-2-9-21-32,33-22-10-3-11-23-33)30-29-36(28-16-19-31-17-6-1-7-18-31)38(40,34-24-12-4-13-25-34)35-26-14-5-15-27-35/h1-15,17-18,20-28H,16,19,29-30H2/b36-28+. The quantitative estimate of drug-likeness (QED) is 0.142. The number of rotatable bonds is 11. The van der Waals surface area contributed by atoms with Crippen LogP contribution in [0.15, 0.2) is 163 Å². The molecule has 200 valence electrons. The third-order valence-electron chi connectivity index (χ3n) is 7.33. The molecule has 5 aromatic rings. The topological polar surface area (TPSA) is 0 Å². The minimum atomic E-state index is -2.26. The fraction of sp³-hybridized carbons (Fsp3) is 0.111. The lowest BCUT2D eigenvalue weighted by molar-refractivity contribution is 0.988. The van der Waals surface area contributed by atoms with Crippen molar-refractivity contribution in [2.24, 2.45) is 0 Å². The van der Waals surface area contributed by atoms with Crippen LogP contribution < -0.4 is 21.2 Å². The highest BCUT2D eigenvalue weighted by molar-refractivity contribution is 8.24. The van der Waals surface area contributed by atoms with Crippen LogP contribution in [-0.2, 0) is 30.0 Å². The maximum absolute atomic E-state index is 6.83. The van der Waals surface area contributed by atoms with Crippen LogP contribution in [0.4, 0.5) is 0 Å². The van der Waals surface area contributed by atoms with Gasteiger partial charge in [-0.3, -0.25) is 0 Å². The van der Waals surface area contributed by atoms with E-state index in [1.54, 1.807) is 0 Å². The van der Waals surface area contributed by atoms with Gasteiger partial charge in [-0.25, -0.2) is 0 Å². The number of aryl methyl sites for hydroxylation is 1. The van der Waals surface area contributed by atoms with Crippen LogP contribution in [0.5, 0.6) is 0 Å². The second kappa shape index (κ2) is 13.7. The van der Waals surface area contributed by atoms with Gasteiger partial charge in [-0.2, -0.15) is 0 Å². The number of allylic oxidation sites excluding steroid dienone is 2. The van der Waals surface area contributed by atoms with Crippen molar-refractivity contribution in [2.45, 2.75) is 19.3 Å². The lowest BCUT2D eigenvalue weighted by Gasteiger charge is -2.30. The Morgan fingerprint density at radius 1 is 0.500 bits per heavy atom. The van der Waals surface area contributed by atoms with Crippen molar-refractivity contribution in [1.29, 1.82) is 0 Å². The molecule has 5 aromatic carbocycles. The van der Waals surface area contributed by atoms with Crippen LogP contribution in [0.2, 0.25) is 0 Å². The van der Waals surface area contributed by atoms with E-state index < -0.39 is 12.1 Å². The summed E-state index contributed by atoms with van der Waals surface area (Å²) in [5.41, 5.74) is 1.35. The average molecular weight is 593 g/mol. The molecule has 0 bridgehead atoms. The van der Waals surface area contributed by atoms with Crippen molar-refractivity contribution >= 4 is 56.9 Å². The predicted molar refractivity (Wildman–Crippen MR) is 185 cm³/mol. The van der Waals surface area contributed by atoms with E-state index in [-0.39, 0.29) is 0 Å². The Labute approximate surface area is 249 Å². The van der Waals surface area contributed by atoms with Crippen LogP contribution in [0.1, 0.15) is 18.4 Å². The molecule has 0 saturated heterocycles. The van der Waals surface area contributed by atoms with Crippen molar-refractivity contribution in [1.82, 2.24) is 0 Å². The first kappa shape index (κ1) is 28.7. The zero-order chi connectivity index (χ0) is 27.7. The SMILES string of the molecule is S=P(CC/C(=C\CCc1ccccc1)P(=S)(c1ccccc1)c1ccccc1)(c1ccccc1)c1ccccc1. The Balaban J connectivity index is 1.59. The number of hydrogen-bond donors (Lipinski definition) is 0. The zero-order valence-electron chi connectivity index (χ0n) is 22.6. The maximum Gasteiger partial charge on any atom is 0.0337 e. The van der Waals surface area contributed by atoms with Crippen LogP contribution in [0, 0.1) is 0 Å². The molecule has 0 aliphatic heterocycles. The zero-order valence-corrected chi connectivity index (χ0v) is 26.0. The Morgan fingerprint density at radius 3 is 1.30 bits per heavy atom. The van der Waals surface area contributed by atoms with Crippen molar-refractivity contribution in [3.8, 4) is 0 Å². The van der Waals surface area contributed by atoms with Gasteiger partial charge in [0.25, 0.3) is 0 Å². The molecule has 0 N–H and O–H groups in total. The molecule has 0 aromatic heterocycles. The molecule has 0 fully saturated rings. The van der Waals surface area contributed by atoms with E-state index in [0.29, 0.717) is 0 Å². The second-order valence-electron chi connectivity index (χ2n) is 9.88. The second-order valence-corrected chi connectivity index (χ2v) is 19.2. The lowest BCUT2D eigenvalue weighted by atomic mass is 10.1. The summed E-state index contributed by atoms with van der Waals surface area (Å²) in [6.45, 7) is 0. The fourth-order valence-corrected chi connectivity index (χ4v) is 13.3. The first-order valence-corrected chi connectivity index (χ1v) is 19.5. The Bertz CT molecular complexity index is 1530. The molecule has 0 aliphatic carbocycles. The lowest BCUT2D eigenvalue weighted by Crippen LogP contribution is -2.21. The first-order valence-electron chi connectivity index (χ1n) is 13.8. The molecule has 0 radical (unpaired) electrons. The van der Waals surface area contributed by atoms with Gasteiger partial charge in [-0.15, -0.1) is 0 Å². The van der Waals surface area contributed by atoms with E-state index in [1.165, 1.54) is 32.1 Å². The summed E-state index contributed by atoms with van der Waals surface area (Å²) in [5.74, 6) is 0. The van der Waals surface area contributed by atoms with Gasteiger partial charge >= 0.3 is 0 Å². The third-order valence-corrected chi connectivity index (χ3v) is 17.5. The molecule has 0 saturated carbocycles. The summed E-state index contributed by atoms with van der Waals surface area (Å²) in [5, 5.41) is 6.40. The normalized spacial score (nSPS) is 12.2. The van der Waals surface area contributed by atoms with E-state index in [1.807, 2.05) is 0 Å². The predicted octanol–water partition coefficient (Wildman–Crippen LogP) is 8.15. The van der Waals surface area contributed by atoms with E-state index in [9.17, 15) is 0 Å². The minimum absolute atomic E-state index is 0.886. The molecule has 0 nitrogen and oxygen atoms in total. The summed E-state index contributed by atoms with van der Waals surface area (Å²) in [6.07, 6.45) is 6.21. The molecule has 4 heteroatoms. The van der Waals surface area contributed by atoms with E-state index in [2.05, 4.69) is 158 Å². The van der Waals surface area contributed by atoms with Gasteiger partial charge in [0.1, 0.15) is 0 Å². The molecule has 40 heavy (non-hydrogen) atoms. The van der Waals surface area contributed by atoms with Crippen molar-refractivity contribution in [3.05, 3.63) is 169 Å². The minimum Gasteiger partial charge on any atom is -0.0876 e. The summed E-state index contributed by atoms with van der Waals surface area (Å²) in [6, 6.07) is 49.5. The largest absolute Gasteiger partial charge is 0.0876 e. The molecule has 0 spiro atoms. The molecule has 0 heterocycles. The van der Waals surface area contributed by atoms with Gasteiger partial charge in [-0.05, 0) is 57.5 Å². The Hall–Kier alpha value is -2.86. The smallest absolute Gasteiger partial charge is 0.0337 e. The Morgan fingerprint density at radius 2 is 0.875 bits per heavy atom. The summed E-state index contributed by atoms with van der Waals surface area (Å²) >= 11 is 13.5. The summed E-state index contributed by atoms with van der Waals surface area (Å²) in [7, 11) is 0. The van der Waals surface area contributed by atoms with Gasteiger partial charge in [0, 0.05) is 12.1 Å². The van der Waals surface area contributed by atoms with Gasteiger partial charge in [0.2, 0.25) is 0 Å². The van der Waals surface area contributed by atoms with Crippen molar-refractivity contribution < 1.29 is 0 Å². The van der Waals surface area contributed by atoms with E-state index in [0.717, 1.165) is 25.4 Å². The molecule has 5 rings (SSSR count). The van der Waals surface area contributed by atoms with Crippen LogP contribution in [-0.4, -0.2) is 6.16 Å². The molecular weight excluding hydrogens is 558 g/mol. The number of benzene rings is 5. The van der Waals surface area contributed by atoms with E-state index >= 15 is 0 Å². The number of hydrogen-bond acceptors (Lipinski definition) is 2. The molecule has 0 amide bonds. The maximum atomic E-state index is 6.83. The van der Waals surface area contributed by atoms with Gasteiger partial charge in [0.05, 0.1) is 0 Å². The fourth-order valence-electron chi connectivity index (χ4n) is 5.21. The monoisotopic (exact) mass is 592 g/mol. The highest BCUT2D eigenvalue weighted by Crippen LogP contribution is 2.56. The van der Waals surface area contributed by atoms with Crippen molar-refractivity contribution in [2.75, 3.05) is 6.16 Å². The highest BCUT2D eigenvalue weighted by Gasteiger charge is 2.29. The molecule has 0 atom stereocenters. The third kappa shape index (κ3) is 6.54. The van der Waals surface area contributed by atoms with Crippen LogP contribution in [0.25, 0.3) is 0 Å². The van der Waals surface area contributed by atoms with E-state index in [4.69, 9.17) is 23.6 Å². The first-order chi connectivity index (χ1) is 19.6. The van der Waals surface area contributed by atoms with Crippen LogP contribution in [0.3, 0.4) is 0 Å². The average Bonchev–Trinajstić information content (AvgIpc) is 3.04. The van der Waals surface area contributed by atoms with Crippen LogP contribution >= 0.6 is 12.1 Å². The van der Waals surface area contributed by atoms with Gasteiger partial charge in [0.15, 0.2) is 0 Å².